The number of anilines is 1. The minimum atomic E-state index is -0.711. The van der Waals surface area contributed by atoms with Gasteiger partial charge in [-0.1, -0.05) is 12.1 Å². The van der Waals surface area contributed by atoms with E-state index in [-0.39, 0.29) is 11.7 Å². The lowest BCUT2D eigenvalue weighted by molar-refractivity contribution is -0.118. The molecule has 1 N–H and O–H groups in total. The summed E-state index contributed by atoms with van der Waals surface area (Å²) < 4.78 is 1.34. The molecule has 0 aliphatic rings. The van der Waals surface area contributed by atoms with Crippen molar-refractivity contribution in [2.24, 2.45) is 0 Å². The van der Waals surface area contributed by atoms with Crippen LogP contribution in [0.25, 0.3) is 0 Å². The zero-order chi connectivity index (χ0) is 17.1. The van der Waals surface area contributed by atoms with E-state index in [2.05, 4.69) is 10.3 Å². The van der Waals surface area contributed by atoms with Crippen LogP contribution in [0, 0.1) is 13.8 Å². The maximum absolute atomic E-state index is 12.4. The van der Waals surface area contributed by atoms with Crippen molar-refractivity contribution < 1.29 is 9.59 Å². The van der Waals surface area contributed by atoms with E-state index in [4.69, 9.17) is 0 Å². The first-order valence-electron chi connectivity index (χ1n) is 7.28. The zero-order valence-corrected chi connectivity index (χ0v) is 13.6. The Morgan fingerprint density at radius 2 is 1.91 bits per heavy atom. The van der Waals surface area contributed by atoms with Gasteiger partial charge in [-0.15, -0.1) is 0 Å². The van der Waals surface area contributed by atoms with Crippen LogP contribution in [-0.2, 0) is 4.79 Å². The average Bonchev–Trinajstić information content (AvgIpc) is 2.46. The normalized spacial score (nSPS) is 11.8. The van der Waals surface area contributed by atoms with E-state index < -0.39 is 11.7 Å². The molecule has 0 spiro atoms. The van der Waals surface area contributed by atoms with Crippen LogP contribution >= 0.6 is 0 Å². The summed E-state index contributed by atoms with van der Waals surface area (Å²) in [5.74, 6) is -0.425. The third-order valence-corrected chi connectivity index (χ3v) is 3.58. The molecule has 0 saturated carbocycles. The van der Waals surface area contributed by atoms with Gasteiger partial charge in [0.15, 0.2) is 5.78 Å². The van der Waals surface area contributed by atoms with Crippen molar-refractivity contribution in [1.29, 1.82) is 0 Å². The van der Waals surface area contributed by atoms with Gasteiger partial charge in [0.2, 0.25) is 5.91 Å². The van der Waals surface area contributed by atoms with E-state index in [1.165, 1.54) is 11.5 Å². The topological polar surface area (TPSA) is 81.1 Å². The van der Waals surface area contributed by atoms with Gasteiger partial charge < -0.3 is 5.32 Å². The summed E-state index contributed by atoms with van der Waals surface area (Å²) in [6.45, 7) is 6.59. The lowest BCUT2D eigenvalue weighted by Crippen LogP contribution is -2.34. The number of ketones is 1. The number of hydrogen-bond donors (Lipinski definition) is 1. The van der Waals surface area contributed by atoms with Crippen molar-refractivity contribution in [2.45, 2.75) is 33.7 Å². The zero-order valence-electron chi connectivity index (χ0n) is 13.6. The number of Topliss-reactive ketones (excluding diaryl/α,β-unsaturated/α-hetero) is 1. The molecule has 6 heteroatoms. The van der Waals surface area contributed by atoms with Gasteiger partial charge in [-0.05, 0) is 45.9 Å². The van der Waals surface area contributed by atoms with Gasteiger partial charge in [-0.3, -0.25) is 14.2 Å². The third kappa shape index (κ3) is 3.71. The van der Waals surface area contributed by atoms with Gasteiger partial charge in [-0.25, -0.2) is 4.79 Å². The highest BCUT2D eigenvalue weighted by Gasteiger charge is 2.19. The molecule has 6 nitrogen and oxygen atoms in total. The van der Waals surface area contributed by atoms with Crippen LogP contribution in [0.4, 0.5) is 5.69 Å². The molecule has 1 heterocycles. The number of nitrogens with zero attached hydrogens (tertiary/aromatic N) is 2. The van der Waals surface area contributed by atoms with Crippen molar-refractivity contribution in [3.8, 4) is 0 Å². The average molecular weight is 313 g/mol. The van der Waals surface area contributed by atoms with Crippen LogP contribution in [-0.4, -0.2) is 21.2 Å². The highest BCUT2D eigenvalue weighted by atomic mass is 16.2. The molecular formula is C17H19N3O3. The van der Waals surface area contributed by atoms with Gasteiger partial charge in [0, 0.05) is 22.6 Å². The molecule has 1 unspecified atom stereocenters. The summed E-state index contributed by atoms with van der Waals surface area (Å²) in [7, 11) is 0. The summed E-state index contributed by atoms with van der Waals surface area (Å²) in [6, 6.07) is 7.72. The fourth-order valence-corrected chi connectivity index (χ4v) is 2.41. The lowest BCUT2D eigenvalue weighted by Gasteiger charge is -2.17. The number of rotatable bonds is 4. The minimum Gasteiger partial charge on any atom is -0.324 e. The fourth-order valence-electron chi connectivity index (χ4n) is 2.41. The number of hydrogen-bond acceptors (Lipinski definition) is 4. The monoisotopic (exact) mass is 313 g/mol. The second kappa shape index (κ2) is 6.56. The minimum absolute atomic E-state index is 0.0797. The highest BCUT2D eigenvalue weighted by molar-refractivity contribution is 5.97. The first-order valence-corrected chi connectivity index (χ1v) is 7.28. The molecule has 2 rings (SSSR count). The molecule has 0 fully saturated rings. The van der Waals surface area contributed by atoms with Crippen LogP contribution in [0.3, 0.4) is 0 Å². The number of aryl methyl sites for hydroxylation is 2. The maximum Gasteiger partial charge on any atom is 0.348 e. The number of benzene rings is 1. The third-order valence-electron chi connectivity index (χ3n) is 3.58. The fraction of sp³-hybridized carbons (Fsp3) is 0.294. The Bertz CT molecular complexity index is 824. The summed E-state index contributed by atoms with van der Waals surface area (Å²) in [5, 5.41) is 2.73. The Hall–Kier alpha value is -2.76. The molecule has 0 bridgehead atoms. The molecule has 120 valence electrons. The number of nitrogens with one attached hydrogen (secondary N) is 1. The summed E-state index contributed by atoms with van der Waals surface area (Å²) in [4.78, 5) is 39.7. The quantitative estimate of drug-likeness (QED) is 0.878. The van der Waals surface area contributed by atoms with E-state index in [1.54, 1.807) is 51.1 Å². The number of carbonyl (C=O) groups is 2. The van der Waals surface area contributed by atoms with Gasteiger partial charge in [0.1, 0.15) is 6.04 Å². The Morgan fingerprint density at radius 3 is 2.52 bits per heavy atom. The number of aromatic nitrogens is 2. The van der Waals surface area contributed by atoms with Gasteiger partial charge >= 0.3 is 5.69 Å². The van der Waals surface area contributed by atoms with E-state index in [9.17, 15) is 14.4 Å². The lowest BCUT2D eigenvalue weighted by atomic mass is 10.1. The van der Waals surface area contributed by atoms with Crippen molar-refractivity contribution in [2.75, 3.05) is 5.32 Å². The van der Waals surface area contributed by atoms with E-state index in [0.29, 0.717) is 22.6 Å². The standard InChI is InChI=1S/C17H19N3O3/c1-10-8-11(2)20(17(23)18-10)12(3)16(22)19-15-7-5-6-14(9-15)13(4)21/h5-9,12H,1-4H3,(H,19,22). The molecule has 1 aromatic carbocycles. The second-order valence-corrected chi connectivity index (χ2v) is 5.49. The Labute approximate surface area is 134 Å². The molecule has 0 aliphatic carbocycles. The Morgan fingerprint density at radius 1 is 1.22 bits per heavy atom. The smallest absolute Gasteiger partial charge is 0.324 e. The number of amides is 1. The highest BCUT2D eigenvalue weighted by Crippen LogP contribution is 2.14. The maximum atomic E-state index is 12.4. The predicted octanol–water partition coefficient (Wildman–Crippen LogP) is 2.26. The van der Waals surface area contributed by atoms with Crippen LogP contribution in [0.5, 0.6) is 0 Å². The van der Waals surface area contributed by atoms with Crippen molar-refractivity contribution >= 4 is 17.4 Å². The molecular weight excluding hydrogens is 294 g/mol. The van der Waals surface area contributed by atoms with Gasteiger partial charge in [0.25, 0.3) is 0 Å². The Kier molecular flexibility index (Phi) is 4.74. The molecule has 2 aromatic rings. The number of carbonyl (C=O) groups excluding carboxylic acids is 2. The van der Waals surface area contributed by atoms with Gasteiger partial charge in [-0.2, -0.15) is 4.98 Å². The predicted molar refractivity (Wildman–Crippen MR) is 87.8 cm³/mol. The summed E-state index contributed by atoms with van der Waals surface area (Å²) in [5.41, 5.74) is 1.86. The van der Waals surface area contributed by atoms with Crippen molar-refractivity contribution in [1.82, 2.24) is 9.55 Å². The molecule has 0 radical (unpaired) electrons. The Balaban J connectivity index is 2.26. The SMILES string of the molecule is CC(=O)c1cccc(NC(=O)C(C)n2c(C)cc(C)nc2=O)c1. The van der Waals surface area contributed by atoms with Crippen LogP contribution < -0.4 is 11.0 Å². The summed E-state index contributed by atoms with van der Waals surface area (Å²) in [6.07, 6.45) is 0. The van der Waals surface area contributed by atoms with Crippen LogP contribution in [0.2, 0.25) is 0 Å². The van der Waals surface area contributed by atoms with Crippen molar-refractivity contribution in [3.05, 3.63) is 57.8 Å². The summed E-state index contributed by atoms with van der Waals surface area (Å²) >= 11 is 0. The molecule has 1 atom stereocenters. The van der Waals surface area contributed by atoms with E-state index >= 15 is 0 Å². The van der Waals surface area contributed by atoms with Gasteiger partial charge in [0.05, 0.1) is 0 Å². The second-order valence-electron chi connectivity index (χ2n) is 5.49. The van der Waals surface area contributed by atoms with E-state index in [1.807, 2.05) is 0 Å². The molecule has 1 aromatic heterocycles. The molecule has 23 heavy (non-hydrogen) atoms. The van der Waals surface area contributed by atoms with Crippen LogP contribution in [0.15, 0.2) is 35.1 Å². The molecule has 0 aliphatic heterocycles. The van der Waals surface area contributed by atoms with E-state index in [0.717, 1.165) is 0 Å². The van der Waals surface area contributed by atoms with Crippen LogP contribution in [0.1, 0.15) is 41.6 Å². The largest absolute Gasteiger partial charge is 0.348 e. The molecule has 1 amide bonds. The first kappa shape index (κ1) is 16.6. The first-order chi connectivity index (χ1) is 10.8. The van der Waals surface area contributed by atoms with Crippen molar-refractivity contribution in [3.63, 3.8) is 0 Å². The molecule has 0 saturated heterocycles.